The predicted octanol–water partition coefficient (Wildman–Crippen LogP) is 2.97. The fraction of sp³-hybridized carbons (Fsp3) is 0.412. The van der Waals surface area contributed by atoms with Gasteiger partial charge in [-0.1, -0.05) is 6.07 Å². The average Bonchev–Trinajstić information content (AvgIpc) is 2.97. The third kappa shape index (κ3) is 3.77. The Hall–Kier alpha value is -1.76. The van der Waals surface area contributed by atoms with Crippen molar-refractivity contribution in [1.29, 1.82) is 0 Å². The second-order valence-corrected chi connectivity index (χ2v) is 5.76. The maximum atomic E-state index is 13.3. The molecule has 0 bridgehead atoms. The zero-order valence-electron chi connectivity index (χ0n) is 12.8. The third-order valence-electron chi connectivity index (χ3n) is 3.99. The van der Waals surface area contributed by atoms with Crippen LogP contribution in [0.4, 0.5) is 8.78 Å². The van der Waals surface area contributed by atoms with Crippen LogP contribution < -0.4 is 0 Å². The maximum Gasteiger partial charge on any atom is 0.159 e. The van der Waals surface area contributed by atoms with Crippen molar-refractivity contribution in [3.05, 3.63) is 59.1 Å². The molecule has 6 heteroatoms. The fourth-order valence-electron chi connectivity index (χ4n) is 2.74. The summed E-state index contributed by atoms with van der Waals surface area (Å²) in [5.41, 5.74) is 0.362. The van der Waals surface area contributed by atoms with E-state index in [1.165, 1.54) is 6.07 Å². The molecule has 1 N–H and O–H groups in total. The highest BCUT2D eigenvalue weighted by Crippen LogP contribution is 2.25. The second kappa shape index (κ2) is 6.78. The molecule has 0 saturated carbocycles. The number of β-amino-alcohol motifs (C(OH)–C–C–N with tert-alkyl or cyclic N) is 1. The van der Waals surface area contributed by atoms with Gasteiger partial charge in [0.2, 0.25) is 0 Å². The summed E-state index contributed by atoms with van der Waals surface area (Å²) in [7, 11) is 0. The first-order valence-electron chi connectivity index (χ1n) is 7.56. The molecule has 0 radical (unpaired) electrons. The first-order valence-corrected chi connectivity index (χ1v) is 7.56. The molecule has 1 saturated heterocycles. The highest BCUT2D eigenvalue weighted by Gasteiger charge is 2.26. The smallest absolute Gasteiger partial charge is 0.159 e. The fourth-order valence-corrected chi connectivity index (χ4v) is 2.74. The minimum Gasteiger partial charge on any atom is -0.464 e. The normalized spacial score (nSPS) is 20.6. The van der Waals surface area contributed by atoms with Gasteiger partial charge < -0.3 is 14.3 Å². The Balaban J connectivity index is 1.63. The first kappa shape index (κ1) is 16.1. The van der Waals surface area contributed by atoms with E-state index >= 15 is 0 Å². The summed E-state index contributed by atoms with van der Waals surface area (Å²) in [6.07, 6.45) is -1.07. The number of rotatable bonds is 4. The van der Waals surface area contributed by atoms with Crippen LogP contribution in [0.3, 0.4) is 0 Å². The molecule has 0 spiro atoms. The van der Waals surface area contributed by atoms with Gasteiger partial charge in [-0.05, 0) is 36.8 Å². The summed E-state index contributed by atoms with van der Waals surface area (Å²) in [6, 6.07) is 7.23. The molecule has 4 nitrogen and oxygen atoms in total. The van der Waals surface area contributed by atoms with Crippen LogP contribution in [0.15, 0.2) is 34.7 Å². The van der Waals surface area contributed by atoms with Crippen molar-refractivity contribution in [2.75, 3.05) is 26.2 Å². The van der Waals surface area contributed by atoms with Crippen LogP contribution in [0.25, 0.3) is 0 Å². The molecule has 0 amide bonds. The summed E-state index contributed by atoms with van der Waals surface area (Å²) < 4.78 is 37.5. The number of ether oxygens (including phenoxy) is 1. The molecule has 23 heavy (non-hydrogen) atoms. The minimum atomic E-state index is -0.951. The lowest BCUT2D eigenvalue weighted by molar-refractivity contribution is -0.0514. The van der Waals surface area contributed by atoms with Crippen LogP contribution in [-0.4, -0.2) is 36.2 Å². The maximum absolute atomic E-state index is 13.3. The van der Waals surface area contributed by atoms with E-state index in [1.54, 1.807) is 0 Å². The largest absolute Gasteiger partial charge is 0.464 e. The Kier molecular flexibility index (Phi) is 4.75. The van der Waals surface area contributed by atoms with Gasteiger partial charge in [0.25, 0.3) is 0 Å². The zero-order valence-corrected chi connectivity index (χ0v) is 12.8. The molecule has 1 aromatic heterocycles. The van der Waals surface area contributed by atoms with Gasteiger partial charge in [-0.25, -0.2) is 8.78 Å². The third-order valence-corrected chi connectivity index (χ3v) is 3.99. The summed E-state index contributed by atoms with van der Waals surface area (Å²) in [5.74, 6) is -0.287. The van der Waals surface area contributed by atoms with Crippen molar-refractivity contribution in [3.63, 3.8) is 0 Å². The first-order chi connectivity index (χ1) is 11.0. The predicted molar refractivity (Wildman–Crippen MR) is 79.9 cm³/mol. The van der Waals surface area contributed by atoms with Gasteiger partial charge in [0, 0.05) is 19.6 Å². The van der Waals surface area contributed by atoms with E-state index in [-0.39, 0.29) is 6.10 Å². The SMILES string of the molecule is Cc1ccc(C2CN(CC(O)c3ccc(F)c(F)c3)CCO2)o1. The second-order valence-electron chi connectivity index (χ2n) is 5.76. The van der Waals surface area contributed by atoms with Gasteiger partial charge in [-0.15, -0.1) is 0 Å². The monoisotopic (exact) mass is 323 g/mol. The van der Waals surface area contributed by atoms with Crippen LogP contribution in [0, 0.1) is 18.6 Å². The van der Waals surface area contributed by atoms with E-state index < -0.39 is 17.7 Å². The summed E-state index contributed by atoms with van der Waals surface area (Å²) in [6.45, 7) is 3.96. The molecule has 2 unspecified atom stereocenters. The van der Waals surface area contributed by atoms with Gasteiger partial charge in [-0.3, -0.25) is 4.90 Å². The molecule has 124 valence electrons. The van der Waals surface area contributed by atoms with Crippen LogP contribution in [0.5, 0.6) is 0 Å². The van der Waals surface area contributed by atoms with Crippen molar-refractivity contribution in [1.82, 2.24) is 4.90 Å². The van der Waals surface area contributed by atoms with Crippen molar-refractivity contribution in [2.45, 2.75) is 19.1 Å². The molecule has 0 aliphatic carbocycles. The lowest BCUT2D eigenvalue weighted by Crippen LogP contribution is -2.40. The van der Waals surface area contributed by atoms with Gasteiger partial charge in [0.15, 0.2) is 11.6 Å². The number of aliphatic hydroxyl groups is 1. The van der Waals surface area contributed by atoms with E-state index in [1.807, 2.05) is 24.0 Å². The van der Waals surface area contributed by atoms with Crippen molar-refractivity contribution in [3.8, 4) is 0 Å². The Bertz CT molecular complexity index is 674. The van der Waals surface area contributed by atoms with E-state index in [2.05, 4.69) is 0 Å². The highest BCUT2D eigenvalue weighted by atomic mass is 19.2. The van der Waals surface area contributed by atoms with Gasteiger partial charge in [0.1, 0.15) is 17.6 Å². The molecule has 3 rings (SSSR count). The molecule has 2 heterocycles. The summed E-state index contributed by atoms with van der Waals surface area (Å²) in [5, 5.41) is 10.3. The lowest BCUT2D eigenvalue weighted by atomic mass is 10.1. The van der Waals surface area contributed by atoms with E-state index in [9.17, 15) is 13.9 Å². The average molecular weight is 323 g/mol. The number of aryl methyl sites for hydroxylation is 1. The van der Waals surface area contributed by atoms with Gasteiger partial charge in [-0.2, -0.15) is 0 Å². The quantitative estimate of drug-likeness (QED) is 0.940. The standard InChI is InChI=1S/C17H19F2NO3/c1-11-2-5-16(23-11)17-10-20(6-7-22-17)9-15(21)12-3-4-13(18)14(19)8-12/h2-5,8,15,17,21H,6-7,9-10H2,1H3. The number of hydrogen-bond acceptors (Lipinski definition) is 4. The topological polar surface area (TPSA) is 45.8 Å². The van der Waals surface area contributed by atoms with Crippen LogP contribution >= 0.6 is 0 Å². The number of morpholine rings is 1. The number of hydrogen-bond donors (Lipinski definition) is 1. The number of benzene rings is 1. The van der Waals surface area contributed by atoms with E-state index in [4.69, 9.17) is 9.15 Å². The van der Waals surface area contributed by atoms with Crippen LogP contribution in [0.1, 0.15) is 29.3 Å². The highest BCUT2D eigenvalue weighted by molar-refractivity contribution is 5.20. The lowest BCUT2D eigenvalue weighted by Gasteiger charge is -2.33. The van der Waals surface area contributed by atoms with Crippen LogP contribution in [0.2, 0.25) is 0 Å². The Labute approximate surface area is 133 Å². The number of furan rings is 1. The molecule has 1 aliphatic heterocycles. The molecule has 1 aromatic carbocycles. The Morgan fingerprint density at radius 3 is 2.78 bits per heavy atom. The van der Waals surface area contributed by atoms with Crippen molar-refractivity contribution >= 4 is 0 Å². The molecule has 1 aliphatic rings. The van der Waals surface area contributed by atoms with Crippen molar-refractivity contribution in [2.24, 2.45) is 0 Å². The zero-order chi connectivity index (χ0) is 16.4. The number of halogens is 2. The molecule has 2 atom stereocenters. The molecular formula is C17H19F2NO3. The van der Waals surface area contributed by atoms with Gasteiger partial charge >= 0.3 is 0 Å². The van der Waals surface area contributed by atoms with E-state index in [0.717, 1.165) is 23.7 Å². The van der Waals surface area contributed by atoms with Crippen molar-refractivity contribution < 1.29 is 23.0 Å². The molecular weight excluding hydrogens is 304 g/mol. The Morgan fingerprint density at radius 1 is 1.26 bits per heavy atom. The van der Waals surface area contributed by atoms with Crippen LogP contribution in [-0.2, 0) is 4.74 Å². The molecule has 2 aromatic rings. The summed E-state index contributed by atoms with van der Waals surface area (Å²) >= 11 is 0. The molecule has 1 fully saturated rings. The number of aliphatic hydroxyl groups excluding tert-OH is 1. The van der Waals surface area contributed by atoms with Gasteiger partial charge in [0.05, 0.1) is 12.7 Å². The Morgan fingerprint density at radius 2 is 2.09 bits per heavy atom. The summed E-state index contributed by atoms with van der Waals surface area (Å²) in [4.78, 5) is 2.03. The number of nitrogens with zero attached hydrogens (tertiary/aromatic N) is 1. The van der Waals surface area contributed by atoms with E-state index in [0.29, 0.717) is 31.8 Å². The minimum absolute atomic E-state index is 0.186.